The van der Waals surface area contributed by atoms with Crippen molar-refractivity contribution in [1.82, 2.24) is 15.3 Å². The lowest BCUT2D eigenvalue weighted by Gasteiger charge is -2.32. The lowest BCUT2D eigenvalue weighted by Crippen LogP contribution is -2.52. The third-order valence-electron chi connectivity index (χ3n) is 3.17. The normalized spacial score (nSPS) is 17.4. The lowest BCUT2D eigenvalue weighted by molar-refractivity contribution is -0.126. The number of piperazine rings is 1. The van der Waals surface area contributed by atoms with E-state index in [4.69, 9.17) is 0 Å². The molecule has 0 spiro atoms. The van der Waals surface area contributed by atoms with Crippen LogP contribution >= 0.6 is 15.9 Å². The van der Waals surface area contributed by atoms with Crippen LogP contribution in [0, 0.1) is 5.82 Å². The summed E-state index contributed by atoms with van der Waals surface area (Å²) in [7, 11) is 2.05. The summed E-state index contributed by atoms with van der Waals surface area (Å²) >= 11 is 3.12. The smallest absolute Gasteiger partial charge is 0.238 e. The summed E-state index contributed by atoms with van der Waals surface area (Å²) in [6.45, 7) is 3.43. The van der Waals surface area contributed by atoms with E-state index in [9.17, 15) is 9.18 Å². The highest BCUT2D eigenvalue weighted by Gasteiger charge is 2.17. The molecule has 1 fully saturated rings. The number of nitrogens with zero attached hydrogens (tertiary/aromatic N) is 2. The van der Waals surface area contributed by atoms with Crippen molar-refractivity contribution in [3.63, 3.8) is 0 Å². The van der Waals surface area contributed by atoms with E-state index < -0.39 is 0 Å². The fourth-order valence-electron chi connectivity index (χ4n) is 1.99. The number of halogens is 2. The zero-order valence-corrected chi connectivity index (χ0v) is 12.4. The molecule has 0 atom stereocenters. The van der Waals surface area contributed by atoms with Gasteiger partial charge in [0.15, 0.2) is 0 Å². The van der Waals surface area contributed by atoms with Gasteiger partial charge in [-0.05, 0) is 34.6 Å². The van der Waals surface area contributed by atoms with Gasteiger partial charge >= 0.3 is 0 Å². The largest absolute Gasteiger partial charge is 0.304 e. The Labute approximate surface area is 120 Å². The maximum Gasteiger partial charge on any atom is 0.238 e. The Hall–Kier alpha value is -0.980. The zero-order valence-electron chi connectivity index (χ0n) is 10.8. The topological polar surface area (TPSA) is 35.6 Å². The van der Waals surface area contributed by atoms with E-state index in [2.05, 4.69) is 33.3 Å². The molecule has 0 aliphatic carbocycles. The second kappa shape index (κ2) is 6.45. The first-order valence-electron chi connectivity index (χ1n) is 6.22. The number of hydrogen-bond acceptors (Lipinski definition) is 3. The average Bonchev–Trinajstić information content (AvgIpc) is 2.38. The van der Waals surface area contributed by atoms with Crippen molar-refractivity contribution in [2.45, 2.75) is 6.42 Å². The summed E-state index contributed by atoms with van der Waals surface area (Å²) in [6.07, 6.45) is 0.0532. The fourth-order valence-corrected chi connectivity index (χ4v) is 2.40. The Morgan fingerprint density at radius 2 is 2.05 bits per heavy atom. The van der Waals surface area contributed by atoms with E-state index in [1.54, 1.807) is 18.2 Å². The first-order valence-corrected chi connectivity index (χ1v) is 7.01. The molecule has 19 heavy (non-hydrogen) atoms. The predicted octanol–water partition coefficient (Wildman–Crippen LogP) is 1.41. The van der Waals surface area contributed by atoms with Crippen LogP contribution in [0.4, 0.5) is 4.39 Å². The number of likely N-dealkylation sites (N-methyl/N-ethyl adjacent to an activating group) is 1. The van der Waals surface area contributed by atoms with Crippen LogP contribution in [0.1, 0.15) is 5.56 Å². The summed E-state index contributed by atoms with van der Waals surface area (Å²) < 4.78 is 14.1. The number of rotatable bonds is 3. The molecule has 0 radical (unpaired) electrons. The van der Waals surface area contributed by atoms with Gasteiger partial charge in [0, 0.05) is 26.2 Å². The van der Waals surface area contributed by atoms with Crippen LogP contribution in [0.2, 0.25) is 0 Å². The molecule has 0 unspecified atom stereocenters. The molecule has 1 aliphatic rings. The summed E-state index contributed by atoms with van der Waals surface area (Å²) in [5.41, 5.74) is 3.22. The zero-order chi connectivity index (χ0) is 13.8. The molecule has 2 rings (SSSR count). The molecule has 1 aromatic rings. The van der Waals surface area contributed by atoms with Crippen molar-refractivity contribution >= 4 is 21.8 Å². The third-order valence-corrected chi connectivity index (χ3v) is 3.78. The summed E-state index contributed by atoms with van der Waals surface area (Å²) in [5, 5.41) is 1.89. The summed E-state index contributed by atoms with van der Waals surface area (Å²) in [6, 6.07) is 4.98. The van der Waals surface area contributed by atoms with Crippen LogP contribution < -0.4 is 5.43 Å². The Bertz CT molecular complexity index is 461. The molecule has 0 aromatic heterocycles. The standard InChI is InChI=1S/C13H17BrFN3O/c1-17-5-7-18(8-6-17)16-12(19)9-10-3-2-4-11(14)13(10)15/h2-4H,5-9H2,1H3,(H,16,19). The number of nitrogens with one attached hydrogen (secondary N) is 1. The van der Waals surface area contributed by atoms with Crippen LogP contribution in [-0.2, 0) is 11.2 Å². The maximum atomic E-state index is 13.7. The van der Waals surface area contributed by atoms with Gasteiger partial charge < -0.3 is 4.90 Å². The van der Waals surface area contributed by atoms with Crippen LogP contribution in [0.5, 0.6) is 0 Å². The van der Waals surface area contributed by atoms with Crippen molar-refractivity contribution in [3.05, 3.63) is 34.1 Å². The second-order valence-corrected chi connectivity index (χ2v) is 5.57. The number of hydrogen-bond donors (Lipinski definition) is 1. The maximum absolute atomic E-state index is 13.7. The Kier molecular flexibility index (Phi) is 4.90. The molecule has 1 aromatic carbocycles. The second-order valence-electron chi connectivity index (χ2n) is 4.72. The van der Waals surface area contributed by atoms with Crippen LogP contribution in [0.25, 0.3) is 0 Å². The minimum absolute atomic E-state index is 0.0532. The molecular weight excluding hydrogens is 313 g/mol. The van der Waals surface area contributed by atoms with Crippen LogP contribution in [-0.4, -0.2) is 49.0 Å². The Balaban J connectivity index is 1.89. The molecule has 1 amide bonds. The molecule has 1 saturated heterocycles. The highest BCUT2D eigenvalue weighted by molar-refractivity contribution is 9.10. The third kappa shape index (κ3) is 3.99. The number of benzene rings is 1. The van der Waals surface area contributed by atoms with Crippen molar-refractivity contribution in [2.75, 3.05) is 33.2 Å². The van der Waals surface area contributed by atoms with Crippen molar-refractivity contribution in [2.24, 2.45) is 0 Å². The monoisotopic (exact) mass is 329 g/mol. The molecule has 0 saturated carbocycles. The lowest BCUT2D eigenvalue weighted by atomic mass is 10.1. The van der Waals surface area contributed by atoms with Gasteiger partial charge in [0.2, 0.25) is 5.91 Å². The van der Waals surface area contributed by atoms with E-state index in [-0.39, 0.29) is 18.1 Å². The van der Waals surface area contributed by atoms with Gasteiger partial charge in [-0.1, -0.05) is 12.1 Å². The molecule has 6 heteroatoms. The highest BCUT2D eigenvalue weighted by Crippen LogP contribution is 2.18. The number of amides is 1. The Morgan fingerprint density at radius 1 is 1.37 bits per heavy atom. The van der Waals surface area contributed by atoms with Crippen molar-refractivity contribution in [1.29, 1.82) is 0 Å². The quantitative estimate of drug-likeness (QED) is 0.910. The van der Waals surface area contributed by atoms with E-state index in [1.165, 1.54) is 0 Å². The van der Waals surface area contributed by atoms with Crippen LogP contribution in [0.15, 0.2) is 22.7 Å². The van der Waals surface area contributed by atoms with Gasteiger partial charge in [0.1, 0.15) is 5.82 Å². The number of carbonyl (C=O) groups excluding carboxylic acids is 1. The van der Waals surface area contributed by atoms with E-state index in [0.29, 0.717) is 10.0 Å². The van der Waals surface area contributed by atoms with Gasteiger partial charge in [-0.15, -0.1) is 0 Å². The van der Waals surface area contributed by atoms with Gasteiger partial charge in [0.05, 0.1) is 10.9 Å². The van der Waals surface area contributed by atoms with E-state index >= 15 is 0 Å². The van der Waals surface area contributed by atoms with Gasteiger partial charge in [-0.3, -0.25) is 10.2 Å². The molecular formula is C13H17BrFN3O. The molecule has 0 bridgehead atoms. The first-order chi connectivity index (χ1) is 9.06. The van der Waals surface area contributed by atoms with E-state index in [0.717, 1.165) is 26.2 Å². The Morgan fingerprint density at radius 3 is 2.74 bits per heavy atom. The van der Waals surface area contributed by atoms with Crippen molar-refractivity contribution < 1.29 is 9.18 Å². The SMILES string of the molecule is CN1CCN(NC(=O)Cc2cccc(Br)c2F)CC1. The summed E-state index contributed by atoms with van der Waals surface area (Å²) in [4.78, 5) is 14.1. The minimum atomic E-state index is -0.365. The highest BCUT2D eigenvalue weighted by atomic mass is 79.9. The van der Waals surface area contributed by atoms with Crippen molar-refractivity contribution in [3.8, 4) is 0 Å². The fraction of sp³-hybridized carbons (Fsp3) is 0.462. The molecule has 1 heterocycles. The first kappa shape index (κ1) is 14.4. The summed E-state index contributed by atoms with van der Waals surface area (Å²) in [5.74, 6) is -0.544. The number of hydrazine groups is 1. The minimum Gasteiger partial charge on any atom is -0.304 e. The van der Waals surface area contributed by atoms with Gasteiger partial charge in [-0.2, -0.15) is 0 Å². The average molecular weight is 330 g/mol. The molecule has 1 aliphatic heterocycles. The van der Waals surface area contributed by atoms with E-state index in [1.807, 2.05) is 5.01 Å². The number of carbonyl (C=O) groups is 1. The van der Waals surface area contributed by atoms with Crippen LogP contribution in [0.3, 0.4) is 0 Å². The molecule has 104 valence electrons. The molecule has 1 N–H and O–H groups in total. The predicted molar refractivity (Wildman–Crippen MR) is 75.0 cm³/mol. The molecule has 4 nitrogen and oxygen atoms in total. The van der Waals surface area contributed by atoms with Gasteiger partial charge in [-0.25, -0.2) is 9.40 Å². The van der Waals surface area contributed by atoms with Gasteiger partial charge in [0.25, 0.3) is 0 Å².